The molecule has 0 bridgehead atoms. The smallest absolute Gasteiger partial charge is 0.270 e. The van der Waals surface area contributed by atoms with Crippen LogP contribution in [0.3, 0.4) is 0 Å². The lowest BCUT2D eigenvalue weighted by Gasteiger charge is -2.07. The van der Waals surface area contributed by atoms with E-state index in [2.05, 4.69) is 5.32 Å². The maximum absolute atomic E-state index is 12.1. The topological polar surface area (TPSA) is 132 Å². The highest BCUT2D eigenvalue weighted by molar-refractivity contribution is 7.88. The molecule has 0 aliphatic heterocycles. The van der Waals surface area contributed by atoms with Gasteiger partial charge in [0.15, 0.2) is 0 Å². The van der Waals surface area contributed by atoms with Crippen LogP contribution in [-0.2, 0) is 15.8 Å². The number of nitrogens with two attached hydrogens (primary N) is 1. The first-order chi connectivity index (χ1) is 11.2. The van der Waals surface area contributed by atoms with E-state index >= 15 is 0 Å². The van der Waals surface area contributed by atoms with Crippen molar-refractivity contribution in [2.24, 2.45) is 5.14 Å². The minimum atomic E-state index is -3.63. The van der Waals surface area contributed by atoms with Crippen molar-refractivity contribution in [2.75, 3.05) is 5.32 Å². The molecule has 24 heavy (non-hydrogen) atoms. The zero-order chi connectivity index (χ0) is 17.9. The molecule has 0 saturated heterocycles. The van der Waals surface area contributed by atoms with Crippen molar-refractivity contribution in [3.8, 4) is 0 Å². The summed E-state index contributed by atoms with van der Waals surface area (Å²) in [7, 11) is -3.63. The fourth-order valence-corrected chi connectivity index (χ4v) is 2.83. The second-order valence-electron chi connectivity index (χ2n) is 4.88. The monoisotopic (exact) mass is 369 g/mol. The highest BCUT2D eigenvalue weighted by Gasteiger charge is 2.15. The molecule has 0 aliphatic carbocycles. The number of nitro benzene ring substituents is 1. The number of hydrogen-bond donors (Lipinski definition) is 2. The molecule has 3 N–H and O–H groups in total. The van der Waals surface area contributed by atoms with Crippen molar-refractivity contribution in [3.63, 3.8) is 0 Å². The predicted octanol–water partition coefficient (Wildman–Crippen LogP) is 2.29. The summed E-state index contributed by atoms with van der Waals surface area (Å²) in [6.07, 6.45) is 0. The maximum Gasteiger partial charge on any atom is 0.270 e. The summed E-state index contributed by atoms with van der Waals surface area (Å²) in [6, 6.07) is 9.57. The van der Waals surface area contributed by atoms with Gasteiger partial charge in [0.05, 0.1) is 21.3 Å². The average molecular weight is 370 g/mol. The molecule has 0 unspecified atom stereocenters. The SMILES string of the molecule is NS(=O)(=O)Cc1ccc(NC(=O)c2ccc([N+](=O)[O-])cc2Cl)cc1. The van der Waals surface area contributed by atoms with Crippen LogP contribution >= 0.6 is 11.6 Å². The zero-order valence-electron chi connectivity index (χ0n) is 12.1. The Morgan fingerprint density at radius 1 is 1.21 bits per heavy atom. The minimum Gasteiger partial charge on any atom is -0.322 e. The van der Waals surface area contributed by atoms with Crippen molar-refractivity contribution in [1.82, 2.24) is 0 Å². The lowest BCUT2D eigenvalue weighted by atomic mass is 10.1. The first kappa shape index (κ1) is 17.9. The van der Waals surface area contributed by atoms with Gasteiger partial charge in [0.1, 0.15) is 0 Å². The molecule has 126 valence electrons. The molecular weight excluding hydrogens is 358 g/mol. The summed E-state index contributed by atoms with van der Waals surface area (Å²) in [6.45, 7) is 0. The lowest BCUT2D eigenvalue weighted by molar-refractivity contribution is -0.384. The molecule has 1 amide bonds. The van der Waals surface area contributed by atoms with Crippen molar-refractivity contribution >= 4 is 38.9 Å². The van der Waals surface area contributed by atoms with Gasteiger partial charge in [0.25, 0.3) is 11.6 Å². The molecule has 0 aliphatic rings. The Balaban J connectivity index is 2.13. The molecule has 0 saturated carbocycles. The minimum absolute atomic E-state index is 0.0486. The molecule has 10 heteroatoms. The number of rotatable bonds is 5. The number of anilines is 1. The van der Waals surface area contributed by atoms with Crippen LogP contribution in [-0.4, -0.2) is 19.2 Å². The molecule has 0 spiro atoms. The molecule has 0 radical (unpaired) electrons. The molecule has 2 aromatic carbocycles. The van der Waals surface area contributed by atoms with Gasteiger partial charge >= 0.3 is 0 Å². The number of benzene rings is 2. The fraction of sp³-hybridized carbons (Fsp3) is 0.0714. The standard InChI is InChI=1S/C14H12ClN3O5S/c15-13-7-11(18(20)21)5-6-12(13)14(19)17-10-3-1-9(2-4-10)8-24(16,22)23/h1-7H,8H2,(H,17,19)(H2,16,22,23). The van der Waals surface area contributed by atoms with Crippen LogP contribution in [0.1, 0.15) is 15.9 Å². The van der Waals surface area contributed by atoms with Gasteiger partial charge in [0, 0.05) is 17.8 Å². The van der Waals surface area contributed by atoms with Crippen LogP contribution < -0.4 is 10.5 Å². The third-order valence-corrected chi connectivity index (χ3v) is 4.04. The third kappa shape index (κ3) is 4.75. The van der Waals surface area contributed by atoms with Gasteiger partial charge in [-0.3, -0.25) is 14.9 Å². The van der Waals surface area contributed by atoms with Gasteiger partial charge in [-0.15, -0.1) is 0 Å². The molecule has 0 aromatic heterocycles. The van der Waals surface area contributed by atoms with Crippen molar-refractivity contribution < 1.29 is 18.1 Å². The van der Waals surface area contributed by atoms with E-state index in [1.54, 1.807) is 0 Å². The van der Waals surface area contributed by atoms with Crippen LogP contribution in [0, 0.1) is 10.1 Å². The molecule has 2 aromatic rings. The normalized spacial score (nSPS) is 11.1. The van der Waals surface area contributed by atoms with E-state index in [1.165, 1.54) is 36.4 Å². The van der Waals surface area contributed by atoms with Gasteiger partial charge in [-0.25, -0.2) is 13.6 Å². The van der Waals surface area contributed by atoms with Crippen molar-refractivity contribution in [3.05, 3.63) is 68.7 Å². The van der Waals surface area contributed by atoms with Gasteiger partial charge in [-0.05, 0) is 23.8 Å². The summed E-state index contributed by atoms with van der Waals surface area (Å²) in [4.78, 5) is 22.2. The number of halogens is 1. The first-order valence-electron chi connectivity index (χ1n) is 6.50. The van der Waals surface area contributed by atoms with Gasteiger partial charge in [-0.2, -0.15) is 0 Å². The van der Waals surface area contributed by atoms with E-state index in [-0.39, 0.29) is 22.0 Å². The van der Waals surface area contributed by atoms with Crippen molar-refractivity contribution in [2.45, 2.75) is 5.75 Å². The lowest BCUT2D eigenvalue weighted by Crippen LogP contribution is -2.15. The van der Waals surface area contributed by atoms with Crippen LogP contribution in [0.4, 0.5) is 11.4 Å². The van der Waals surface area contributed by atoms with E-state index < -0.39 is 20.9 Å². The van der Waals surface area contributed by atoms with Crippen LogP contribution in [0.2, 0.25) is 5.02 Å². The van der Waals surface area contributed by atoms with E-state index in [0.29, 0.717) is 11.3 Å². The Morgan fingerprint density at radius 2 is 1.83 bits per heavy atom. The summed E-state index contributed by atoms with van der Waals surface area (Å²) in [5, 5.41) is 18.1. The first-order valence-corrected chi connectivity index (χ1v) is 8.60. The Morgan fingerprint density at radius 3 is 2.33 bits per heavy atom. The summed E-state index contributed by atoms with van der Waals surface area (Å²) in [5.74, 6) is -0.857. The number of hydrogen-bond acceptors (Lipinski definition) is 5. The van der Waals surface area contributed by atoms with E-state index in [1.807, 2.05) is 0 Å². The van der Waals surface area contributed by atoms with Crippen LogP contribution in [0.5, 0.6) is 0 Å². The second-order valence-corrected chi connectivity index (χ2v) is 6.90. The average Bonchev–Trinajstić information content (AvgIpc) is 2.47. The highest BCUT2D eigenvalue weighted by Crippen LogP contribution is 2.23. The maximum atomic E-state index is 12.1. The Labute approximate surface area is 142 Å². The summed E-state index contributed by atoms with van der Waals surface area (Å²) < 4.78 is 22.0. The Bertz CT molecular complexity index is 897. The molecule has 0 fully saturated rings. The summed E-state index contributed by atoms with van der Waals surface area (Å²) >= 11 is 5.89. The van der Waals surface area contributed by atoms with Gasteiger partial charge in [-0.1, -0.05) is 23.7 Å². The Hall–Kier alpha value is -2.49. The number of carbonyl (C=O) groups excluding carboxylic acids is 1. The fourth-order valence-electron chi connectivity index (χ4n) is 1.92. The number of carbonyl (C=O) groups is 1. The molecule has 2 rings (SSSR count). The molecular formula is C14H12ClN3O5S. The van der Waals surface area contributed by atoms with Crippen LogP contribution in [0.15, 0.2) is 42.5 Å². The number of nitrogens with one attached hydrogen (secondary N) is 1. The number of sulfonamides is 1. The number of nitro groups is 1. The number of amides is 1. The van der Waals surface area contributed by atoms with Gasteiger partial charge < -0.3 is 5.32 Å². The predicted molar refractivity (Wildman–Crippen MR) is 89.3 cm³/mol. The number of primary sulfonamides is 1. The van der Waals surface area contributed by atoms with Gasteiger partial charge in [0.2, 0.25) is 10.0 Å². The van der Waals surface area contributed by atoms with Crippen molar-refractivity contribution in [1.29, 1.82) is 0 Å². The molecule has 0 atom stereocenters. The zero-order valence-corrected chi connectivity index (χ0v) is 13.7. The molecule has 8 nitrogen and oxygen atoms in total. The third-order valence-electron chi connectivity index (χ3n) is 2.99. The quantitative estimate of drug-likeness (QED) is 0.616. The van der Waals surface area contributed by atoms with Crippen LogP contribution in [0.25, 0.3) is 0 Å². The highest BCUT2D eigenvalue weighted by atomic mass is 35.5. The van der Waals surface area contributed by atoms with E-state index in [4.69, 9.17) is 16.7 Å². The molecule has 0 heterocycles. The number of non-ortho nitro benzene ring substituents is 1. The van der Waals surface area contributed by atoms with E-state index in [9.17, 15) is 23.3 Å². The largest absolute Gasteiger partial charge is 0.322 e. The summed E-state index contributed by atoms with van der Waals surface area (Å²) in [5.41, 5.74) is 0.747. The second kappa shape index (κ2) is 6.95. The number of nitrogens with zero attached hydrogens (tertiary/aromatic N) is 1. The van der Waals surface area contributed by atoms with E-state index in [0.717, 1.165) is 6.07 Å². The Kier molecular flexibility index (Phi) is 5.17.